The molecule has 0 aliphatic carbocycles. The maximum atomic E-state index is 13.5. The highest BCUT2D eigenvalue weighted by Crippen LogP contribution is 2.28. The van der Waals surface area contributed by atoms with Crippen LogP contribution in [0, 0.1) is 46.3 Å². The van der Waals surface area contributed by atoms with Crippen LogP contribution in [0.1, 0.15) is 85.8 Å². The van der Waals surface area contributed by atoms with Crippen LogP contribution in [-0.2, 0) is 32.3 Å². The standard InChI is InChI=1S/C48H44N8O4/c1-47(33-49,27-23-43(57)51-29-25-45(59)55-31-39-15-5-3-11-35(39)19-21-37-13-7-9-17-41(37)55)53-54-48(2,34-50)28-24-44(58)52-30-26-46(60)56-32-40-16-6-4-12-36(40)20-22-38-14-8-10-18-42(38)56/h3-18H,23-32H2,1-2H3,(H,51,57)(H,52,58)/b54-53+. The summed E-state index contributed by atoms with van der Waals surface area (Å²) >= 11 is 0. The van der Waals surface area contributed by atoms with Gasteiger partial charge in [-0.2, -0.15) is 20.8 Å². The van der Waals surface area contributed by atoms with Crippen molar-refractivity contribution in [2.45, 2.75) is 76.5 Å². The van der Waals surface area contributed by atoms with Gasteiger partial charge in [0.15, 0.2) is 11.1 Å². The van der Waals surface area contributed by atoms with Crippen molar-refractivity contribution in [2.24, 2.45) is 10.2 Å². The molecule has 4 amide bonds. The molecule has 12 heteroatoms. The first kappa shape index (κ1) is 42.1. The van der Waals surface area contributed by atoms with E-state index in [0.29, 0.717) is 24.5 Å². The second kappa shape index (κ2) is 19.3. The molecule has 6 rings (SSSR count). The summed E-state index contributed by atoms with van der Waals surface area (Å²) in [5.41, 5.74) is 3.60. The number of hydrogen-bond acceptors (Lipinski definition) is 8. The number of amides is 4. The molecule has 0 saturated heterocycles. The highest BCUT2D eigenvalue weighted by molar-refractivity contribution is 5.96. The Kier molecular flexibility index (Phi) is 13.5. The van der Waals surface area contributed by atoms with Gasteiger partial charge < -0.3 is 20.4 Å². The molecule has 12 nitrogen and oxygen atoms in total. The molecule has 4 aromatic rings. The molecule has 2 unspecified atom stereocenters. The van der Waals surface area contributed by atoms with Crippen LogP contribution in [0.3, 0.4) is 0 Å². The molecule has 2 N–H and O–H groups in total. The van der Waals surface area contributed by atoms with E-state index in [1.165, 1.54) is 13.8 Å². The predicted molar refractivity (Wildman–Crippen MR) is 227 cm³/mol. The minimum absolute atomic E-state index is 0.0113. The molecule has 300 valence electrons. The molecular weight excluding hydrogens is 753 g/mol. The lowest BCUT2D eigenvalue weighted by Crippen LogP contribution is -2.35. The van der Waals surface area contributed by atoms with Crippen molar-refractivity contribution in [3.63, 3.8) is 0 Å². The Morgan fingerprint density at radius 3 is 1.32 bits per heavy atom. The average molecular weight is 797 g/mol. The van der Waals surface area contributed by atoms with Crippen molar-refractivity contribution >= 4 is 35.0 Å². The Bertz CT molecular complexity index is 2370. The topological polar surface area (TPSA) is 171 Å². The van der Waals surface area contributed by atoms with Crippen molar-refractivity contribution in [1.82, 2.24) is 10.6 Å². The van der Waals surface area contributed by atoms with Crippen LogP contribution >= 0.6 is 0 Å². The van der Waals surface area contributed by atoms with Crippen LogP contribution in [0.2, 0.25) is 0 Å². The number of benzene rings is 4. The second-order valence-electron chi connectivity index (χ2n) is 15.0. The number of nitrogens with one attached hydrogen (secondary N) is 2. The maximum absolute atomic E-state index is 13.5. The van der Waals surface area contributed by atoms with Gasteiger partial charge in [0, 0.05) is 61.0 Å². The molecule has 2 aliphatic rings. The maximum Gasteiger partial charge on any atom is 0.229 e. The Morgan fingerprint density at radius 2 is 0.917 bits per heavy atom. The van der Waals surface area contributed by atoms with Crippen LogP contribution < -0.4 is 20.4 Å². The van der Waals surface area contributed by atoms with Gasteiger partial charge in [-0.3, -0.25) is 19.2 Å². The van der Waals surface area contributed by atoms with Crippen LogP contribution in [0.15, 0.2) is 107 Å². The third-order valence-corrected chi connectivity index (χ3v) is 10.3. The van der Waals surface area contributed by atoms with Crippen molar-refractivity contribution in [3.8, 4) is 35.8 Å². The Morgan fingerprint density at radius 1 is 0.567 bits per heavy atom. The van der Waals surface area contributed by atoms with Gasteiger partial charge >= 0.3 is 0 Å². The van der Waals surface area contributed by atoms with Gasteiger partial charge in [0.05, 0.1) is 36.6 Å². The van der Waals surface area contributed by atoms with E-state index in [-0.39, 0.29) is 75.2 Å². The second-order valence-corrected chi connectivity index (χ2v) is 15.0. The molecule has 0 bridgehead atoms. The predicted octanol–water partition coefficient (Wildman–Crippen LogP) is 6.47. The molecule has 0 radical (unpaired) electrons. The van der Waals surface area contributed by atoms with Crippen LogP contribution in [0.4, 0.5) is 11.4 Å². The number of nitriles is 2. The summed E-state index contributed by atoms with van der Waals surface area (Å²) in [7, 11) is 0. The molecule has 0 fully saturated rings. The zero-order valence-electron chi connectivity index (χ0n) is 33.6. The van der Waals surface area contributed by atoms with E-state index >= 15 is 0 Å². The summed E-state index contributed by atoms with van der Waals surface area (Å²) in [5.74, 6) is 11.7. The molecule has 2 atom stereocenters. The number of azo groups is 1. The summed E-state index contributed by atoms with van der Waals surface area (Å²) in [4.78, 5) is 56.1. The van der Waals surface area contributed by atoms with E-state index in [1.54, 1.807) is 9.80 Å². The lowest BCUT2D eigenvalue weighted by atomic mass is 9.97. The lowest BCUT2D eigenvalue weighted by molar-refractivity contribution is -0.123. The minimum atomic E-state index is -1.42. The fourth-order valence-corrected chi connectivity index (χ4v) is 6.67. The number of carbonyl (C=O) groups excluding carboxylic acids is 4. The average Bonchev–Trinajstić information content (AvgIpc) is 3.25. The molecule has 0 spiro atoms. The number of hydrogen-bond donors (Lipinski definition) is 2. The third kappa shape index (κ3) is 10.7. The zero-order chi connectivity index (χ0) is 42.5. The van der Waals surface area contributed by atoms with E-state index in [0.717, 1.165) is 33.4 Å². The van der Waals surface area contributed by atoms with Gasteiger partial charge in [0.1, 0.15) is 0 Å². The Balaban J connectivity index is 0.954. The summed E-state index contributed by atoms with van der Waals surface area (Å²) in [5, 5.41) is 33.8. The van der Waals surface area contributed by atoms with Gasteiger partial charge in [-0.25, -0.2) is 0 Å². The van der Waals surface area contributed by atoms with Gasteiger partial charge in [0.25, 0.3) is 0 Å². The Hall–Kier alpha value is -7.54. The summed E-state index contributed by atoms with van der Waals surface area (Å²) in [6, 6.07) is 34.5. The molecule has 2 aliphatic heterocycles. The monoisotopic (exact) mass is 796 g/mol. The molecule has 2 heterocycles. The summed E-state index contributed by atoms with van der Waals surface area (Å²) in [6.45, 7) is 3.90. The molecule has 0 aromatic heterocycles. The number of para-hydroxylation sites is 2. The highest BCUT2D eigenvalue weighted by atomic mass is 16.2. The van der Waals surface area contributed by atoms with E-state index in [1.807, 2.05) is 97.1 Å². The normalized spacial score (nSPS) is 14.3. The van der Waals surface area contributed by atoms with Gasteiger partial charge in [-0.15, -0.1) is 0 Å². The lowest BCUT2D eigenvalue weighted by Gasteiger charge is -2.26. The van der Waals surface area contributed by atoms with Gasteiger partial charge in [-0.05, 0) is 74.2 Å². The molecular formula is C48H44N8O4. The van der Waals surface area contributed by atoms with Crippen molar-refractivity contribution in [3.05, 3.63) is 130 Å². The molecule has 60 heavy (non-hydrogen) atoms. The van der Waals surface area contributed by atoms with Crippen molar-refractivity contribution in [1.29, 1.82) is 10.5 Å². The molecule has 0 saturated carbocycles. The third-order valence-electron chi connectivity index (χ3n) is 10.3. The zero-order valence-corrected chi connectivity index (χ0v) is 33.6. The van der Waals surface area contributed by atoms with Crippen LogP contribution in [-0.4, -0.2) is 47.8 Å². The largest absolute Gasteiger partial charge is 0.356 e. The fraction of sp³-hybridized carbons (Fsp3) is 0.292. The summed E-state index contributed by atoms with van der Waals surface area (Å²) < 4.78 is 0. The summed E-state index contributed by atoms with van der Waals surface area (Å²) in [6.07, 6.45) is -0.0190. The van der Waals surface area contributed by atoms with Crippen LogP contribution in [0.25, 0.3) is 0 Å². The highest BCUT2D eigenvalue weighted by Gasteiger charge is 2.30. The van der Waals surface area contributed by atoms with E-state index < -0.39 is 11.1 Å². The number of anilines is 2. The van der Waals surface area contributed by atoms with Gasteiger partial charge in [-0.1, -0.05) is 84.3 Å². The first-order valence-electron chi connectivity index (χ1n) is 19.8. The number of nitrogens with zero attached hydrogens (tertiary/aromatic N) is 6. The first-order chi connectivity index (χ1) is 29.0. The van der Waals surface area contributed by atoms with Gasteiger partial charge in [0.2, 0.25) is 23.6 Å². The fourth-order valence-electron chi connectivity index (χ4n) is 6.67. The number of fused-ring (bicyclic) bond motifs is 4. The van der Waals surface area contributed by atoms with E-state index in [4.69, 9.17) is 0 Å². The molecule has 4 aromatic carbocycles. The number of carbonyl (C=O) groups is 4. The number of rotatable bonds is 14. The smallest absolute Gasteiger partial charge is 0.229 e. The SMILES string of the molecule is CC(C#N)(CCC(=O)NCCC(=O)N1Cc2ccccc2C#Cc2ccccc21)/N=N/C(C)(C#N)CCC(=O)NCCC(=O)N1Cc2ccccc2C#Cc2ccccc21. The van der Waals surface area contributed by atoms with E-state index in [9.17, 15) is 29.7 Å². The first-order valence-corrected chi connectivity index (χ1v) is 19.8. The quantitative estimate of drug-likeness (QED) is 0.109. The van der Waals surface area contributed by atoms with Crippen molar-refractivity contribution in [2.75, 3.05) is 22.9 Å². The minimum Gasteiger partial charge on any atom is -0.356 e. The van der Waals surface area contributed by atoms with E-state index in [2.05, 4.69) is 56.7 Å². The van der Waals surface area contributed by atoms with Crippen LogP contribution in [0.5, 0.6) is 0 Å². The van der Waals surface area contributed by atoms with Crippen molar-refractivity contribution < 1.29 is 19.2 Å². The Labute approximate surface area is 350 Å².